The Labute approximate surface area is 84.8 Å². The van der Waals surface area contributed by atoms with Crippen molar-refractivity contribution >= 4 is 27.3 Å². The number of nitrogens with one attached hydrogen (secondary N) is 1. The zero-order chi connectivity index (χ0) is 8.97. The Bertz CT molecular complexity index is 270. The summed E-state index contributed by atoms with van der Waals surface area (Å²) in [5.74, 6) is 0. The van der Waals surface area contributed by atoms with Crippen LogP contribution in [0, 0.1) is 6.92 Å². The van der Waals surface area contributed by atoms with Gasteiger partial charge in [-0.15, -0.1) is 11.3 Å². The highest BCUT2D eigenvalue weighted by molar-refractivity contribution is 9.11. The molecule has 0 saturated carbocycles. The SMILES string of the molecule is C=C(Br)CNCc1scnc1C. The second-order valence-electron chi connectivity index (χ2n) is 2.48. The topological polar surface area (TPSA) is 24.9 Å². The minimum absolute atomic E-state index is 0.803. The Kier molecular flexibility index (Phi) is 3.91. The highest BCUT2D eigenvalue weighted by Crippen LogP contribution is 2.11. The molecule has 0 fully saturated rings. The summed E-state index contributed by atoms with van der Waals surface area (Å²) in [5, 5.41) is 3.25. The molecule has 0 amide bonds. The average molecular weight is 247 g/mol. The zero-order valence-corrected chi connectivity index (χ0v) is 9.33. The maximum Gasteiger partial charge on any atom is 0.0798 e. The van der Waals surface area contributed by atoms with Gasteiger partial charge in [0.2, 0.25) is 0 Å². The van der Waals surface area contributed by atoms with Crippen molar-refractivity contribution in [3.05, 3.63) is 27.1 Å². The predicted molar refractivity (Wildman–Crippen MR) is 56.6 cm³/mol. The van der Waals surface area contributed by atoms with E-state index >= 15 is 0 Å². The molecule has 0 atom stereocenters. The molecule has 0 spiro atoms. The van der Waals surface area contributed by atoms with Gasteiger partial charge in [-0.25, -0.2) is 4.98 Å². The first-order chi connectivity index (χ1) is 5.70. The van der Waals surface area contributed by atoms with E-state index in [1.165, 1.54) is 4.88 Å². The molecule has 1 rings (SSSR count). The molecule has 0 saturated heterocycles. The summed E-state index contributed by atoms with van der Waals surface area (Å²) in [5.41, 5.74) is 2.99. The predicted octanol–water partition coefficient (Wildman–Crippen LogP) is 2.45. The van der Waals surface area contributed by atoms with E-state index in [0.717, 1.165) is 23.3 Å². The lowest BCUT2D eigenvalue weighted by Gasteiger charge is -2.00. The average Bonchev–Trinajstić information content (AvgIpc) is 2.36. The van der Waals surface area contributed by atoms with Gasteiger partial charge >= 0.3 is 0 Å². The van der Waals surface area contributed by atoms with Crippen LogP contribution in [0.3, 0.4) is 0 Å². The Balaban J connectivity index is 2.33. The van der Waals surface area contributed by atoms with E-state index in [1.54, 1.807) is 11.3 Å². The fourth-order valence-electron chi connectivity index (χ4n) is 0.808. The second-order valence-corrected chi connectivity index (χ2v) is 4.54. The quantitative estimate of drug-likeness (QED) is 0.883. The van der Waals surface area contributed by atoms with Crippen molar-refractivity contribution in [2.24, 2.45) is 0 Å². The summed E-state index contributed by atoms with van der Waals surface area (Å²) in [7, 11) is 0. The number of rotatable bonds is 4. The summed E-state index contributed by atoms with van der Waals surface area (Å²) in [6.07, 6.45) is 0. The van der Waals surface area contributed by atoms with E-state index in [4.69, 9.17) is 0 Å². The van der Waals surface area contributed by atoms with Crippen LogP contribution in [0.25, 0.3) is 0 Å². The van der Waals surface area contributed by atoms with E-state index in [1.807, 2.05) is 12.4 Å². The van der Waals surface area contributed by atoms with Gasteiger partial charge in [-0.2, -0.15) is 0 Å². The second kappa shape index (κ2) is 4.74. The molecule has 12 heavy (non-hydrogen) atoms. The van der Waals surface area contributed by atoms with Crippen LogP contribution in [-0.4, -0.2) is 11.5 Å². The highest BCUT2D eigenvalue weighted by atomic mass is 79.9. The molecular formula is C8H11BrN2S. The molecule has 0 aliphatic heterocycles. The van der Waals surface area contributed by atoms with Crippen molar-refractivity contribution < 1.29 is 0 Å². The molecule has 1 aromatic rings. The normalized spacial score (nSPS) is 10.2. The Morgan fingerprint density at radius 1 is 1.83 bits per heavy atom. The lowest BCUT2D eigenvalue weighted by Crippen LogP contribution is -2.14. The first-order valence-electron chi connectivity index (χ1n) is 3.63. The van der Waals surface area contributed by atoms with Gasteiger partial charge in [0.05, 0.1) is 11.2 Å². The van der Waals surface area contributed by atoms with Gasteiger partial charge in [0, 0.05) is 22.4 Å². The van der Waals surface area contributed by atoms with Crippen LogP contribution in [0.4, 0.5) is 0 Å². The summed E-state index contributed by atoms with van der Waals surface area (Å²) in [6.45, 7) is 7.44. The molecule has 1 N–H and O–H groups in total. The van der Waals surface area contributed by atoms with Gasteiger partial charge in [0.15, 0.2) is 0 Å². The van der Waals surface area contributed by atoms with E-state index in [9.17, 15) is 0 Å². The number of halogens is 1. The number of aryl methyl sites for hydroxylation is 1. The van der Waals surface area contributed by atoms with Crippen molar-refractivity contribution in [2.75, 3.05) is 6.54 Å². The monoisotopic (exact) mass is 246 g/mol. The summed E-state index contributed by atoms with van der Waals surface area (Å²) in [4.78, 5) is 5.45. The van der Waals surface area contributed by atoms with Crippen LogP contribution in [0.1, 0.15) is 10.6 Å². The molecule has 4 heteroatoms. The molecule has 0 radical (unpaired) electrons. The fourth-order valence-corrected chi connectivity index (χ4v) is 1.75. The van der Waals surface area contributed by atoms with Gasteiger partial charge in [0.25, 0.3) is 0 Å². The molecule has 0 unspecified atom stereocenters. The van der Waals surface area contributed by atoms with E-state index in [0.29, 0.717) is 0 Å². The van der Waals surface area contributed by atoms with Gasteiger partial charge in [0.1, 0.15) is 0 Å². The maximum absolute atomic E-state index is 4.16. The van der Waals surface area contributed by atoms with Crippen LogP contribution < -0.4 is 5.32 Å². The molecule has 0 aromatic carbocycles. The van der Waals surface area contributed by atoms with Gasteiger partial charge < -0.3 is 5.32 Å². The van der Waals surface area contributed by atoms with Crippen molar-refractivity contribution in [3.63, 3.8) is 0 Å². The molecule has 1 heterocycles. The van der Waals surface area contributed by atoms with E-state index < -0.39 is 0 Å². The first-order valence-corrected chi connectivity index (χ1v) is 5.30. The zero-order valence-electron chi connectivity index (χ0n) is 6.93. The summed E-state index contributed by atoms with van der Waals surface area (Å²) >= 11 is 4.97. The highest BCUT2D eigenvalue weighted by Gasteiger charge is 1.99. The molecular weight excluding hydrogens is 236 g/mol. The molecule has 0 aliphatic carbocycles. The van der Waals surface area contributed by atoms with Crippen LogP contribution >= 0.6 is 27.3 Å². The third-order valence-corrected chi connectivity index (χ3v) is 2.66. The van der Waals surface area contributed by atoms with Gasteiger partial charge in [-0.1, -0.05) is 22.5 Å². The van der Waals surface area contributed by atoms with Crippen molar-refractivity contribution in [2.45, 2.75) is 13.5 Å². The van der Waals surface area contributed by atoms with E-state index in [2.05, 4.69) is 32.8 Å². The van der Waals surface area contributed by atoms with Crippen molar-refractivity contribution in [3.8, 4) is 0 Å². The lowest BCUT2D eigenvalue weighted by molar-refractivity contribution is 0.761. The third-order valence-electron chi connectivity index (χ3n) is 1.45. The third kappa shape index (κ3) is 3.05. The molecule has 66 valence electrons. The summed E-state index contributed by atoms with van der Waals surface area (Å²) < 4.78 is 0.977. The maximum atomic E-state index is 4.16. The van der Waals surface area contributed by atoms with Crippen LogP contribution in [0.2, 0.25) is 0 Å². The largest absolute Gasteiger partial charge is 0.307 e. The van der Waals surface area contributed by atoms with Crippen LogP contribution in [-0.2, 0) is 6.54 Å². The standard InChI is InChI=1S/C8H11BrN2S/c1-6(9)3-10-4-8-7(2)11-5-12-8/h5,10H,1,3-4H2,2H3. The Morgan fingerprint density at radius 2 is 2.58 bits per heavy atom. The number of hydrogen-bond donors (Lipinski definition) is 1. The van der Waals surface area contributed by atoms with Gasteiger partial charge in [-0.3, -0.25) is 0 Å². The van der Waals surface area contributed by atoms with Crippen molar-refractivity contribution in [1.29, 1.82) is 0 Å². The van der Waals surface area contributed by atoms with Gasteiger partial charge in [-0.05, 0) is 6.92 Å². The molecule has 0 bridgehead atoms. The minimum Gasteiger partial charge on any atom is -0.307 e. The number of hydrogen-bond acceptors (Lipinski definition) is 3. The molecule has 1 aromatic heterocycles. The van der Waals surface area contributed by atoms with E-state index in [-0.39, 0.29) is 0 Å². The van der Waals surface area contributed by atoms with Crippen molar-refractivity contribution in [1.82, 2.24) is 10.3 Å². The molecule has 0 aliphatic rings. The number of aromatic nitrogens is 1. The minimum atomic E-state index is 0.803. The first kappa shape index (κ1) is 9.89. The molecule has 2 nitrogen and oxygen atoms in total. The number of nitrogens with zero attached hydrogens (tertiary/aromatic N) is 1. The van der Waals surface area contributed by atoms with Crippen LogP contribution in [0.15, 0.2) is 16.6 Å². The number of thiazole rings is 1. The fraction of sp³-hybridized carbons (Fsp3) is 0.375. The summed E-state index contributed by atoms with van der Waals surface area (Å²) in [6, 6.07) is 0. The smallest absolute Gasteiger partial charge is 0.0798 e. The Morgan fingerprint density at radius 3 is 3.08 bits per heavy atom. The lowest BCUT2D eigenvalue weighted by atomic mass is 10.4. The Hall–Kier alpha value is -0.190. The van der Waals surface area contributed by atoms with Crippen LogP contribution in [0.5, 0.6) is 0 Å².